The van der Waals surface area contributed by atoms with Crippen LogP contribution in [0.2, 0.25) is 0 Å². The number of alkyl halides is 3. The molecule has 4 heterocycles. The summed E-state index contributed by atoms with van der Waals surface area (Å²) in [5.74, 6) is 10.4. The highest BCUT2D eigenvalue weighted by molar-refractivity contribution is 8.00. The van der Waals surface area contributed by atoms with Crippen molar-refractivity contribution in [2.45, 2.75) is 50.5 Å². The maximum atomic E-state index is 13.5. The largest absolute Gasteiger partial charge is 0.406 e. The maximum absolute atomic E-state index is 13.5. The predicted molar refractivity (Wildman–Crippen MR) is 161 cm³/mol. The summed E-state index contributed by atoms with van der Waals surface area (Å²) in [5, 5.41) is 10.1. The number of aromatic nitrogens is 2. The van der Waals surface area contributed by atoms with Gasteiger partial charge in [0.05, 0.1) is 29.6 Å². The molecular formula is C30H34F3N5O3S. The molecule has 12 heteroatoms. The summed E-state index contributed by atoms with van der Waals surface area (Å²) in [6.07, 6.45) is 0.0212. The quantitative estimate of drug-likeness (QED) is 0.277. The van der Waals surface area contributed by atoms with E-state index in [9.17, 15) is 22.2 Å². The summed E-state index contributed by atoms with van der Waals surface area (Å²) in [5.41, 5.74) is 2.34. The minimum Gasteiger partial charge on any atom is -0.382 e. The van der Waals surface area contributed by atoms with Gasteiger partial charge in [-0.05, 0) is 77.3 Å². The highest BCUT2D eigenvalue weighted by Gasteiger charge is 2.30. The fraction of sp³-hybridized carbons (Fsp3) is 0.433. The highest BCUT2D eigenvalue weighted by Crippen LogP contribution is 2.31. The molecule has 0 radical (unpaired) electrons. The van der Waals surface area contributed by atoms with Crippen LogP contribution in [0.15, 0.2) is 42.6 Å². The smallest absolute Gasteiger partial charge is 0.382 e. The van der Waals surface area contributed by atoms with Crippen LogP contribution in [-0.2, 0) is 20.8 Å². The molecule has 8 nitrogen and oxygen atoms in total. The highest BCUT2D eigenvalue weighted by atomic mass is 32.2. The van der Waals surface area contributed by atoms with Crippen LogP contribution in [0.5, 0.6) is 0 Å². The number of carbonyl (C=O) groups excluding carboxylic acids is 1. The number of nitrogens with one attached hydrogen (secondary N) is 3. The molecule has 2 aliphatic rings. The number of hydrogen-bond acceptors (Lipinski definition) is 6. The van der Waals surface area contributed by atoms with Crippen molar-refractivity contribution in [2.75, 3.05) is 41.9 Å². The molecule has 42 heavy (non-hydrogen) atoms. The van der Waals surface area contributed by atoms with E-state index in [0.29, 0.717) is 59.8 Å². The average molecular weight is 602 g/mol. The summed E-state index contributed by atoms with van der Waals surface area (Å²) in [6.45, 7) is 0.255. The number of nitrogens with zero attached hydrogens (tertiary/aromatic N) is 2. The fourth-order valence-electron chi connectivity index (χ4n) is 5.20. The molecule has 224 valence electrons. The second-order valence-electron chi connectivity index (χ2n) is 10.7. The van der Waals surface area contributed by atoms with E-state index in [-0.39, 0.29) is 30.2 Å². The van der Waals surface area contributed by atoms with E-state index < -0.39 is 22.2 Å². The van der Waals surface area contributed by atoms with Crippen LogP contribution in [-0.4, -0.2) is 75.1 Å². The van der Waals surface area contributed by atoms with E-state index in [1.165, 1.54) is 10.8 Å². The normalized spacial score (nSPS) is 21.4. The van der Waals surface area contributed by atoms with Gasteiger partial charge in [0.15, 0.2) is 0 Å². The van der Waals surface area contributed by atoms with Crippen LogP contribution in [0.4, 0.5) is 24.5 Å². The lowest BCUT2D eigenvalue weighted by atomic mass is 10.1. The molecule has 0 unspecified atom stereocenters. The third kappa shape index (κ3) is 7.77. The van der Waals surface area contributed by atoms with Crippen LogP contribution >= 0.6 is 0 Å². The summed E-state index contributed by atoms with van der Waals surface area (Å²) < 4.78 is 59.3. The number of benzene rings is 1. The Bertz CT molecular complexity index is 1570. The van der Waals surface area contributed by atoms with Crippen LogP contribution in [0.25, 0.3) is 10.9 Å². The standard InChI is InChI=1S/C30H34F3N5O3S/c1-42(40)16-11-22(12-17-42)36-26-5-2-6-28-25(26)18-24(38(28)20-30(31,32)33)4-3-13-34-23-7-8-27(35-19-23)29(39)37-21-9-14-41-15-10-21/h2,5-8,18-19,21-22,34,36H,1,9-17,20H2,(H,37,39). The molecule has 0 saturated carbocycles. The van der Waals surface area contributed by atoms with Crippen molar-refractivity contribution < 1.29 is 26.9 Å². The van der Waals surface area contributed by atoms with Gasteiger partial charge in [-0.25, -0.2) is 4.98 Å². The van der Waals surface area contributed by atoms with Gasteiger partial charge in [0, 0.05) is 47.9 Å². The Morgan fingerprint density at radius 2 is 1.88 bits per heavy atom. The van der Waals surface area contributed by atoms with Gasteiger partial charge in [0.25, 0.3) is 5.91 Å². The number of ether oxygens (including phenoxy) is 1. The Balaban J connectivity index is 1.27. The minimum atomic E-state index is -4.42. The molecule has 2 saturated heterocycles. The topological polar surface area (TPSA) is 97.3 Å². The average Bonchev–Trinajstić information content (AvgIpc) is 3.29. The van der Waals surface area contributed by atoms with E-state index in [1.807, 2.05) is 6.07 Å². The van der Waals surface area contributed by atoms with Crippen molar-refractivity contribution in [3.05, 3.63) is 54.0 Å². The SMILES string of the molecule is C=S1(=O)CCC(Nc2cccc3c2cc(C#CCNc2ccc(C(=O)NC4CCOCC4)nc2)n3CC(F)(F)F)CC1. The number of amides is 1. The van der Waals surface area contributed by atoms with Crippen LogP contribution in [0.3, 0.4) is 0 Å². The van der Waals surface area contributed by atoms with Gasteiger partial charge >= 0.3 is 6.18 Å². The van der Waals surface area contributed by atoms with E-state index in [0.717, 1.165) is 18.5 Å². The summed E-state index contributed by atoms with van der Waals surface area (Å²) >= 11 is 0. The maximum Gasteiger partial charge on any atom is 0.406 e. The molecule has 3 aromatic rings. The van der Waals surface area contributed by atoms with E-state index >= 15 is 0 Å². The number of rotatable bonds is 7. The Morgan fingerprint density at radius 1 is 1.12 bits per heavy atom. The van der Waals surface area contributed by atoms with Gasteiger partial charge in [-0.1, -0.05) is 12.0 Å². The summed E-state index contributed by atoms with van der Waals surface area (Å²) in [7, 11) is -2.04. The van der Waals surface area contributed by atoms with E-state index in [4.69, 9.17) is 4.74 Å². The first-order valence-electron chi connectivity index (χ1n) is 13.9. The second kappa shape index (κ2) is 12.7. The summed E-state index contributed by atoms with van der Waals surface area (Å²) in [6, 6.07) is 10.4. The van der Waals surface area contributed by atoms with Crippen molar-refractivity contribution in [3.63, 3.8) is 0 Å². The van der Waals surface area contributed by atoms with Gasteiger partial charge in [-0.2, -0.15) is 13.2 Å². The Hall–Kier alpha value is -3.69. The predicted octanol–water partition coefficient (Wildman–Crippen LogP) is 4.26. The zero-order valence-corrected chi connectivity index (χ0v) is 24.0. The lowest BCUT2D eigenvalue weighted by Gasteiger charge is -2.26. The molecule has 5 rings (SSSR count). The second-order valence-corrected chi connectivity index (χ2v) is 13.5. The van der Waals surface area contributed by atoms with E-state index in [2.05, 4.69) is 38.6 Å². The molecule has 0 spiro atoms. The van der Waals surface area contributed by atoms with Crippen molar-refractivity contribution in [1.82, 2.24) is 14.9 Å². The van der Waals surface area contributed by atoms with Crippen LogP contribution in [0.1, 0.15) is 41.9 Å². The molecule has 0 aliphatic carbocycles. The molecular weight excluding hydrogens is 567 g/mol. The fourth-order valence-corrected chi connectivity index (χ4v) is 6.84. The molecule has 2 fully saturated rings. The Kier molecular flexibility index (Phi) is 8.99. The number of anilines is 2. The Morgan fingerprint density at radius 3 is 2.57 bits per heavy atom. The van der Waals surface area contributed by atoms with E-state index in [1.54, 1.807) is 30.3 Å². The van der Waals surface area contributed by atoms with Crippen LogP contribution in [0, 0.1) is 11.8 Å². The van der Waals surface area contributed by atoms with Gasteiger partial charge < -0.3 is 25.3 Å². The summed E-state index contributed by atoms with van der Waals surface area (Å²) in [4.78, 5) is 16.7. The molecule has 1 amide bonds. The first kappa shape index (κ1) is 29.8. The number of halogens is 3. The third-order valence-corrected chi connectivity index (χ3v) is 9.43. The van der Waals surface area contributed by atoms with Crippen molar-refractivity contribution in [2.24, 2.45) is 0 Å². The molecule has 2 aliphatic heterocycles. The minimum absolute atomic E-state index is 0.0711. The first-order valence-corrected chi connectivity index (χ1v) is 16.0. The molecule has 2 aromatic heterocycles. The zero-order chi connectivity index (χ0) is 29.7. The third-order valence-electron chi connectivity index (χ3n) is 7.47. The lowest BCUT2D eigenvalue weighted by molar-refractivity contribution is -0.140. The number of hydrogen-bond donors (Lipinski definition) is 3. The zero-order valence-electron chi connectivity index (χ0n) is 23.1. The molecule has 3 N–H and O–H groups in total. The van der Waals surface area contributed by atoms with Gasteiger partial charge in [-0.15, -0.1) is 0 Å². The molecule has 0 atom stereocenters. The number of carbonyl (C=O) groups is 1. The molecule has 1 aromatic carbocycles. The lowest BCUT2D eigenvalue weighted by Crippen LogP contribution is -2.39. The monoisotopic (exact) mass is 601 g/mol. The van der Waals surface area contributed by atoms with Gasteiger partial charge in [-0.3, -0.25) is 9.00 Å². The van der Waals surface area contributed by atoms with Crippen molar-refractivity contribution in [1.29, 1.82) is 0 Å². The van der Waals surface area contributed by atoms with Crippen LogP contribution < -0.4 is 16.0 Å². The molecule has 0 bridgehead atoms. The van der Waals surface area contributed by atoms with Gasteiger partial charge in [0.1, 0.15) is 12.2 Å². The number of pyridine rings is 1. The van der Waals surface area contributed by atoms with Crippen molar-refractivity contribution >= 4 is 43.6 Å². The van der Waals surface area contributed by atoms with Crippen molar-refractivity contribution in [3.8, 4) is 11.8 Å². The Labute approximate surface area is 243 Å². The first-order chi connectivity index (χ1) is 20.1. The number of fused-ring (bicyclic) bond motifs is 1. The van der Waals surface area contributed by atoms with Gasteiger partial charge in [0.2, 0.25) is 0 Å².